The Morgan fingerprint density at radius 3 is 2.95 bits per heavy atom. The molecule has 0 aliphatic heterocycles. The average Bonchev–Trinajstić information content (AvgIpc) is 3.18. The number of aromatic amines is 1. The summed E-state index contributed by atoms with van der Waals surface area (Å²) in [5.74, 6) is 2.25. The Bertz CT molecular complexity index is 577. The van der Waals surface area contributed by atoms with E-state index in [1.54, 1.807) is 0 Å². The zero-order valence-corrected chi connectivity index (χ0v) is 12.3. The number of nitrogens with zero attached hydrogens (tertiary/aromatic N) is 4. The molecule has 0 atom stereocenters. The highest BCUT2D eigenvalue weighted by Gasteiger charge is 2.18. The van der Waals surface area contributed by atoms with Gasteiger partial charge in [-0.3, -0.25) is 9.67 Å². The van der Waals surface area contributed by atoms with Crippen LogP contribution in [0.2, 0.25) is 0 Å². The Morgan fingerprint density at radius 1 is 1.38 bits per heavy atom. The van der Waals surface area contributed by atoms with Gasteiger partial charge in [0.05, 0.1) is 5.75 Å². The first-order chi connectivity index (χ1) is 10.2. The standard InChI is InChI=1S/C13H17F2N5S/c14-12(15)20-6-5-16-11(20)8-21-13-17-10(18-19-13)7-9-3-1-2-4-9/h5-6,9,12H,1-4,7-8H2,(H,17,18,19). The number of aromatic nitrogens is 5. The van der Waals surface area contributed by atoms with E-state index in [1.807, 2.05) is 0 Å². The predicted molar refractivity (Wildman–Crippen MR) is 75.1 cm³/mol. The summed E-state index contributed by atoms with van der Waals surface area (Å²) in [4.78, 5) is 8.36. The molecule has 5 nitrogen and oxygen atoms in total. The second-order valence-corrected chi connectivity index (χ2v) is 6.18. The summed E-state index contributed by atoms with van der Waals surface area (Å²) >= 11 is 1.32. The lowest BCUT2D eigenvalue weighted by Gasteiger charge is -2.04. The van der Waals surface area contributed by atoms with Gasteiger partial charge in [-0.15, -0.1) is 5.10 Å². The lowest BCUT2D eigenvalue weighted by molar-refractivity contribution is 0.0678. The van der Waals surface area contributed by atoms with E-state index in [2.05, 4.69) is 20.2 Å². The first kappa shape index (κ1) is 14.5. The van der Waals surface area contributed by atoms with Gasteiger partial charge in [0, 0.05) is 18.8 Å². The van der Waals surface area contributed by atoms with Crippen LogP contribution in [0.4, 0.5) is 8.78 Å². The minimum absolute atomic E-state index is 0.331. The number of alkyl halides is 2. The van der Waals surface area contributed by atoms with E-state index in [1.165, 1.54) is 49.8 Å². The van der Waals surface area contributed by atoms with Gasteiger partial charge in [0.15, 0.2) is 0 Å². The van der Waals surface area contributed by atoms with Crippen LogP contribution >= 0.6 is 11.8 Å². The maximum absolute atomic E-state index is 12.7. The second-order valence-electron chi connectivity index (χ2n) is 5.24. The van der Waals surface area contributed by atoms with E-state index < -0.39 is 6.55 Å². The Kier molecular flexibility index (Phi) is 4.52. The van der Waals surface area contributed by atoms with Gasteiger partial charge in [-0.25, -0.2) is 9.97 Å². The molecule has 114 valence electrons. The fourth-order valence-corrected chi connectivity index (χ4v) is 3.45. The lowest BCUT2D eigenvalue weighted by Crippen LogP contribution is -2.02. The van der Waals surface area contributed by atoms with Gasteiger partial charge in [0.2, 0.25) is 5.16 Å². The van der Waals surface area contributed by atoms with Crippen LogP contribution in [0, 0.1) is 5.92 Å². The van der Waals surface area contributed by atoms with Crippen molar-refractivity contribution in [2.45, 2.75) is 49.6 Å². The summed E-state index contributed by atoms with van der Waals surface area (Å²) < 4.78 is 26.2. The largest absolute Gasteiger partial charge is 0.319 e. The number of thioether (sulfide) groups is 1. The number of nitrogens with one attached hydrogen (secondary N) is 1. The summed E-state index contributed by atoms with van der Waals surface area (Å²) in [7, 11) is 0. The van der Waals surface area contributed by atoms with Crippen LogP contribution in [0.15, 0.2) is 17.6 Å². The molecule has 1 aliphatic carbocycles. The Morgan fingerprint density at radius 2 is 2.19 bits per heavy atom. The highest BCUT2D eigenvalue weighted by Crippen LogP contribution is 2.28. The van der Waals surface area contributed by atoms with Crippen LogP contribution in [0.3, 0.4) is 0 Å². The monoisotopic (exact) mass is 313 g/mol. The van der Waals surface area contributed by atoms with Crippen molar-refractivity contribution in [3.63, 3.8) is 0 Å². The van der Waals surface area contributed by atoms with E-state index >= 15 is 0 Å². The van der Waals surface area contributed by atoms with Crippen molar-refractivity contribution in [2.75, 3.05) is 0 Å². The Labute approximate surface area is 125 Å². The maximum Gasteiger partial charge on any atom is 0.319 e. The van der Waals surface area contributed by atoms with Gasteiger partial charge in [-0.05, 0) is 5.92 Å². The van der Waals surface area contributed by atoms with Crippen molar-refractivity contribution >= 4 is 11.8 Å². The van der Waals surface area contributed by atoms with Gasteiger partial charge in [0.1, 0.15) is 11.6 Å². The summed E-state index contributed by atoms with van der Waals surface area (Å²) in [6, 6.07) is 0. The molecule has 21 heavy (non-hydrogen) atoms. The summed E-state index contributed by atoms with van der Waals surface area (Å²) in [6.45, 7) is -2.56. The molecule has 1 aliphatic rings. The van der Waals surface area contributed by atoms with E-state index in [9.17, 15) is 8.78 Å². The van der Waals surface area contributed by atoms with Crippen LogP contribution in [-0.2, 0) is 12.2 Å². The van der Waals surface area contributed by atoms with Crippen molar-refractivity contribution in [3.05, 3.63) is 24.0 Å². The third-order valence-electron chi connectivity index (χ3n) is 3.76. The van der Waals surface area contributed by atoms with Gasteiger partial charge in [-0.1, -0.05) is 37.4 Å². The van der Waals surface area contributed by atoms with Gasteiger partial charge in [0.25, 0.3) is 0 Å². The van der Waals surface area contributed by atoms with Crippen LogP contribution in [-0.4, -0.2) is 24.7 Å². The molecule has 0 saturated heterocycles. The van der Waals surface area contributed by atoms with E-state index in [0.29, 0.717) is 22.7 Å². The third-order valence-corrected chi connectivity index (χ3v) is 4.60. The maximum atomic E-state index is 12.7. The van der Waals surface area contributed by atoms with Gasteiger partial charge < -0.3 is 0 Å². The molecule has 2 aromatic rings. The first-order valence-corrected chi connectivity index (χ1v) is 8.05. The molecule has 2 aromatic heterocycles. The molecule has 2 heterocycles. The van der Waals surface area contributed by atoms with Crippen LogP contribution < -0.4 is 0 Å². The summed E-state index contributed by atoms with van der Waals surface area (Å²) in [5.41, 5.74) is 0. The van der Waals surface area contributed by atoms with E-state index in [-0.39, 0.29) is 0 Å². The predicted octanol–water partition coefficient (Wildman–Crippen LogP) is 3.42. The molecule has 1 N–H and O–H groups in total. The van der Waals surface area contributed by atoms with Crippen molar-refractivity contribution in [1.29, 1.82) is 0 Å². The SMILES string of the molecule is FC(F)n1ccnc1CSc1n[nH]c(CC2CCCC2)n1. The first-order valence-electron chi connectivity index (χ1n) is 7.06. The molecule has 1 fully saturated rings. The quantitative estimate of drug-likeness (QED) is 0.830. The van der Waals surface area contributed by atoms with Crippen LogP contribution in [0.25, 0.3) is 0 Å². The number of hydrogen-bond donors (Lipinski definition) is 1. The second kappa shape index (κ2) is 6.55. The fraction of sp³-hybridized carbons (Fsp3) is 0.615. The average molecular weight is 313 g/mol. The molecule has 1 saturated carbocycles. The zero-order chi connectivity index (χ0) is 14.7. The molecular formula is C13H17F2N5S. The lowest BCUT2D eigenvalue weighted by atomic mass is 10.0. The molecule has 0 unspecified atom stereocenters. The Balaban J connectivity index is 1.55. The highest BCUT2D eigenvalue weighted by atomic mass is 32.2. The van der Waals surface area contributed by atoms with E-state index in [4.69, 9.17) is 0 Å². The van der Waals surface area contributed by atoms with Crippen molar-refractivity contribution in [2.24, 2.45) is 5.92 Å². The molecule has 0 aromatic carbocycles. The molecule has 0 radical (unpaired) electrons. The number of imidazole rings is 1. The van der Waals surface area contributed by atoms with Crippen LogP contribution in [0.1, 0.15) is 43.9 Å². The minimum atomic E-state index is -2.56. The zero-order valence-electron chi connectivity index (χ0n) is 11.5. The normalized spacial score (nSPS) is 16.1. The smallest absolute Gasteiger partial charge is 0.277 e. The topological polar surface area (TPSA) is 59.4 Å². The van der Waals surface area contributed by atoms with Crippen molar-refractivity contribution in [1.82, 2.24) is 24.7 Å². The van der Waals surface area contributed by atoms with Crippen LogP contribution in [0.5, 0.6) is 0 Å². The minimum Gasteiger partial charge on any atom is -0.277 e. The molecule has 0 amide bonds. The summed E-state index contributed by atoms with van der Waals surface area (Å²) in [5, 5.41) is 7.67. The highest BCUT2D eigenvalue weighted by molar-refractivity contribution is 7.98. The number of halogens is 2. The van der Waals surface area contributed by atoms with Gasteiger partial charge in [-0.2, -0.15) is 8.78 Å². The molecule has 0 spiro atoms. The fourth-order valence-electron chi connectivity index (χ4n) is 2.68. The third kappa shape index (κ3) is 3.61. The van der Waals surface area contributed by atoms with Crippen molar-refractivity contribution < 1.29 is 8.78 Å². The Hall–Kier alpha value is -1.44. The van der Waals surface area contributed by atoms with Crippen molar-refractivity contribution in [3.8, 4) is 0 Å². The molecule has 3 rings (SSSR count). The molecule has 8 heteroatoms. The molecular weight excluding hydrogens is 296 g/mol. The molecule has 0 bridgehead atoms. The number of hydrogen-bond acceptors (Lipinski definition) is 4. The van der Waals surface area contributed by atoms with Gasteiger partial charge >= 0.3 is 6.55 Å². The summed E-state index contributed by atoms with van der Waals surface area (Å²) in [6.07, 6.45) is 8.71. The number of H-pyrrole nitrogens is 1. The number of rotatable bonds is 6. The van der Waals surface area contributed by atoms with E-state index in [0.717, 1.165) is 16.8 Å².